The van der Waals surface area contributed by atoms with Gasteiger partial charge in [0.1, 0.15) is 11.1 Å². The van der Waals surface area contributed by atoms with Gasteiger partial charge in [0.25, 0.3) is 5.91 Å². The summed E-state index contributed by atoms with van der Waals surface area (Å²) in [6.07, 6.45) is 0.591. The first-order valence-corrected chi connectivity index (χ1v) is 13.0. The molecule has 2 atom stereocenters. The molecule has 8 heteroatoms. The molecule has 188 valence electrons. The van der Waals surface area contributed by atoms with E-state index in [1.807, 2.05) is 63.2 Å². The zero-order chi connectivity index (χ0) is 26.1. The minimum Gasteiger partial charge on any atom is -0.326 e. The first kappa shape index (κ1) is 24.9. The lowest BCUT2D eigenvalue weighted by atomic mass is 9.98. The van der Waals surface area contributed by atoms with Crippen molar-refractivity contribution in [3.63, 3.8) is 0 Å². The predicted molar refractivity (Wildman–Crippen MR) is 146 cm³/mol. The topological polar surface area (TPSA) is 74.1 Å². The highest BCUT2D eigenvalue weighted by Gasteiger charge is 2.39. The van der Waals surface area contributed by atoms with E-state index in [0.29, 0.717) is 11.6 Å². The molecule has 0 saturated heterocycles. The average molecular weight is 515 g/mol. The van der Waals surface area contributed by atoms with Crippen LogP contribution in [0.25, 0.3) is 0 Å². The molecule has 0 aliphatic carbocycles. The maximum Gasteiger partial charge on any atom is 0.262 e. The number of nitrogens with zero attached hydrogens (tertiary/aromatic N) is 3. The van der Waals surface area contributed by atoms with E-state index >= 15 is 0 Å². The summed E-state index contributed by atoms with van der Waals surface area (Å²) in [7, 11) is 0. The Bertz CT molecular complexity index is 1420. The van der Waals surface area contributed by atoms with Crippen molar-refractivity contribution in [3.8, 4) is 0 Å². The van der Waals surface area contributed by atoms with Gasteiger partial charge in [-0.1, -0.05) is 71.4 Å². The zero-order valence-electron chi connectivity index (χ0n) is 20.9. The fourth-order valence-corrected chi connectivity index (χ4v) is 5.54. The molecule has 0 radical (unpaired) electrons. The van der Waals surface area contributed by atoms with Gasteiger partial charge >= 0.3 is 0 Å². The highest BCUT2D eigenvalue weighted by atomic mass is 32.2. The summed E-state index contributed by atoms with van der Waals surface area (Å²) in [5, 5.41) is 9.31. The molecule has 1 N–H and O–H groups in total. The normalized spacial score (nSPS) is 19.1. The molecule has 0 fully saturated rings. The molecule has 2 aliphatic heterocycles. The maximum atomic E-state index is 13.6. The second kappa shape index (κ2) is 10.3. The van der Waals surface area contributed by atoms with Gasteiger partial charge < -0.3 is 5.32 Å². The van der Waals surface area contributed by atoms with Crippen LogP contribution in [-0.2, 0) is 9.59 Å². The molecule has 2 heterocycles. The van der Waals surface area contributed by atoms with Crippen LogP contribution in [0.5, 0.6) is 0 Å². The Morgan fingerprint density at radius 1 is 1.03 bits per heavy atom. The number of thioether (sulfide) groups is 1. The first-order valence-electron chi connectivity index (χ1n) is 12.1. The highest BCUT2D eigenvalue weighted by molar-refractivity contribution is 8.15. The SMILES string of the molecule is Cc1ccc(C2=NN(C3=NC(=O)[C@H](CC(=O)Nc4ccc(C)cc4C)S3)[C@@H](c3ccc(F)cc3)C2)cc1. The van der Waals surface area contributed by atoms with Crippen LogP contribution in [-0.4, -0.2) is 33.0 Å². The Morgan fingerprint density at radius 2 is 1.73 bits per heavy atom. The van der Waals surface area contributed by atoms with Crippen molar-refractivity contribution in [3.05, 3.63) is 100 Å². The number of nitrogens with one attached hydrogen (secondary N) is 1. The van der Waals surface area contributed by atoms with Crippen molar-refractivity contribution in [2.75, 3.05) is 5.32 Å². The third-order valence-corrected chi connectivity index (χ3v) is 7.64. The van der Waals surface area contributed by atoms with Gasteiger partial charge in [-0.05, 0) is 55.7 Å². The smallest absolute Gasteiger partial charge is 0.262 e. The number of hydrogen-bond donors (Lipinski definition) is 1. The van der Waals surface area contributed by atoms with E-state index in [-0.39, 0.29) is 30.1 Å². The van der Waals surface area contributed by atoms with Crippen LogP contribution >= 0.6 is 11.8 Å². The Labute approximate surface area is 219 Å². The predicted octanol–water partition coefficient (Wildman–Crippen LogP) is 5.93. The summed E-state index contributed by atoms with van der Waals surface area (Å²) in [6, 6.07) is 20.0. The third-order valence-electron chi connectivity index (χ3n) is 6.50. The Hall–Kier alpha value is -3.78. The Morgan fingerprint density at radius 3 is 2.43 bits per heavy atom. The number of amides is 2. The lowest BCUT2D eigenvalue weighted by Gasteiger charge is -2.23. The molecule has 0 bridgehead atoms. The number of aryl methyl sites for hydroxylation is 3. The van der Waals surface area contributed by atoms with Crippen molar-refractivity contribution in [2.24, 2.45) is 10.1 Å². The molecule has 0 aromatic heterocycles. The van der Waals surface area contributed by atoms with Gasteiger partial charge in [-0.2, -0.15) is 10.1 Å². The number of benzene rings is 3. The molecule has 2 aliphatic rings. The van der Waals surface area contributed by atoms with Gasteiger partial charge in [0.05, 0.1) is 11.8 Å². The fourth-order valence-electron chi connectivity index (χ4n) is 4.48. The summed E-state index contributed by atoms with van der Waals surface area (Å²) in [5.74, 6) is -0.909. The number of aliphatic imine (C=N–C) groups is 1. The molecule has 6 nitrogen and oxygen atoms in total. The molecule has 0 spiro atoms. The van der Waals surface area contributed by atoms with Crippen molar-refractivity contribution in [2.45, 2.75) is 44.9 Å². The van der Waals surface area contributed by atoms with Gasteiger partial charge in [-0.3, -0.25) is 9.59 Å². The van der Waals surface area contributed by atoms with Crippen LogP contribution in [0.1, 0.15) is 46.7 Å². The first-order chi connectivity index (χ1) is 17.8. The number of amidine groups is 1. The van der Waals surface area contributed by atoms with Crippen LogP contribution < -0.4 is 5.32 Å². The second-order valence-electron chi connectivity index (χ2n) is 9.44. The van der Waals surface area contributed by atoms with Crippen LogP contribution in [0.15, 0.2) is 76.8 Å². The molecule has 3 aromatic rings. The van der Waals surface area contributed by atoms with Crippen molar-refractivity contribution in [1.29, 1.82) is 0 Å². The maximum absolute atomic E-state index is 13.6. The number of carbonyl (C=O) groups is 2. The van der Waals surface area contributed by atoms with E-state index in [1.165, 1.54) is 23.9 Å². The van der Waals surface area contributed by atoms with Gasteiger partial charge in [-0.15, -0.1) is 0 Å². The van der Waals surface area contributed by atoms with Gasteiger partial charge in [0.2, 0.25) is 5.91 Å². The number of anilines is 1. The summed E-state index contributed by atoms with van der Waals surface area (Å²) in [6.45, 7) is 5.96. The highest BCUT2D eigenvalue weighted by Crippen LogP contribution is 2.38. The number of rotatable bonds is 5. The van der Waals surface area contributed by atoms with Crippen molar-refractivity contribution in [1.82, 2.24) is 5.01 Å². The molecule has 0 unspecified atom stereocenters. The number of halogens is 1. The standard InChI is InChI=1S/C29H27FN4O2S/c1-17-4-7-20(8-5-17)24-15-25(21-9-11-22(30)12-10-21)34(33-24)29-32-28(36)26(37-29)16-27(35)31-23-13-6-18(2)14-19(23)3/h4-14,25-26H,15-16H2,1-3H3,(H,31,35)/t25-,26+/m1/s1. The molecule has 2 amide bonds. The van der Waals surface area contributed by atoms with E-state index in [2.05, 4.69) is 10.3 Å². The van der Waals surface area contributed by atoms with E-state index in [9.17, 15) is 14.0 Å². The zero-order valence-corrected chi connectivity index (χ0v) is 21.7. The summed E-state index contributed by atoms with van der Waals surface area (Å²) >= 11 is 1.25. The van der Waals surface area contributed by atoms with E-state index < -0.39 is 5.25 Å². The largest absolute Gasteiger partial charge is 0.326 e. The Balaban J connectivity index is 1.35. The minimum absolute atomic E-state index is 0.00735. The Kier molecular flexibility index (Phi) is 6.93. The van der Waals surface area contributed by atoms with Gasteiger partial charge in [0, 0.05) is 18.5 Å². The summed E-state index contributed by atoms with van der Waals surface area (Å²) in [4.78, 5) is 29.8. The molecule has 0 saturated carbocycles. The summed E-state index contributed by atoms with van der Waals surface area (Å²) < 4.78 is 13.6. The molecular weight excluding hydrogens is 487 g/mol. The van der Waals surface area contributed by atoms with E-state index in [1.54, 1.807) is 17.1 Å². The molecule has 37 heavy (non-hydrogen) atoms. The van der Waals surface area contributed by atoms with Crippen molar-refractivity contribution >= 4 is 40.1 Å². The lowest BCUT2D eigenvalue weighted by molar-refractivity contribution is -0.121. The second-order valence-corrected chi connectivity index (χ2v) is 10.6. The van der Waals surface area contributed by atoms with Crippen molar-refractivity contribution < 1.29 is 14.0 Å². The molecule has 5 rings (SSSR count). The minimum atomic E-state index is -0.631. The number of hydrogen-bond acceptors (Lipinski definition) is 5. The number of carbonyl (C=O) groups excluding carboxylic acids is 2. The monoisotopic (exact) mass is 514 g/mol. The lowest BCUT2D eigenvalue weighted by Crippen LogP contribution is -2.25. The van der Waals surface area contributed by atoms with Crippen LogP contribution in [0.3, 0.4) is 0 Å². The quantitative estimate of drug-likeness (QED) is 0.458. The van der Waals surface area contributed by atoms with E-state index in [0.717, 1.165) is 39.2 Å². The fraction of sp³-hybridized carbons (Fsp3) is 0.241. The average Bonchev–Trinajstić information content (AvgIpc) is 3.46. The van der Waals surface area contributed by atoms with E-state index in [4.69, 9.17) is 5.10 Å². The van der Waals surface area contributed by atoms with Crippen LogP contribution in [0, 0.1) is 26.6 Å². The van der Waals surface area contributed by atoms with Gasteiger partial charge in [0.15, 0.2) is 5.17 Å². The molecular formula is C29H27FN4O2S. The summed E-state index contributed by atoms with van der Waals surface area (Å²) in [5.41, 5.74) is 6.68. The third kappa shape index (κ3) is 5.49. The van der Waals surface area contributed by atoms with Crippen LogP contribution in [0.4, 0.5) is 10.1 Å². The van der Waals surface area contributed by atoms with Crippen LogP contribution in [0.2, 0.25) is 0 Å². The molecule has 3 aromatic carbocycles. The van der Waals surface area contributed by atoms with Gasteiger partial charge in [-0.25, -0.2) is 9.40 Å². The number of hydrazone groups is 1.